The number of benzene rings is 2. The van der Waals surface area contributed by atoms with Crippen molar-refractivity contribution in [2.75, 3.05) is 18.1 Å². The average Bonchev–Trinajstić information content (AvgIpc) is 3.44. The van der Waals surface area contributed by atoms with Crippen molar-refractivity contribution in [1.29, 1.82) is 0 Å². The molecular formula is C30H32N2O6S. The number of hydrogen-bond donors (Lipinski definition) is 1. The number of aromatic nitrogens is 1. The van der Waals surface area contributed by atoms with Crippen LogP contribution in [0.5, 0.6) is 5.75 Å². The molecule has 1 amide bonds. The number of carbonyl (C=O) groups excluding carboxylic acids is 3. The van der Waals surface area contributed by atoms with E-state index in [1.165, 1.54) is 4.90 Å². The number of rotatable bonds is 9. The van der Waals surface area contributed by atoms with Gasteiger partial charge in [0.15, 0.2) is 5.13 Å². The van der Waals surface area contributed by atoms with Crippen LogP contribution in [0.3, 0.4) is 0 Å². The molecule has 8 nitrogen and oxygen atoms in total. The van der Waals surface area contributed by atoms with E-state index in [4.69, 9.17) is 9.47 Å². The first-order chi connectivity index (χ1) is 18.7. The molecule has 0 aliphatic carbocycles. The molecule has 1 aliphatic rings. The molecule has 9 heteroatoms. The molecule has 1 N–H and O–H groups in total. The van der Waals surface area contributed by atoms with E-state index >= 15 is 0 Å². The van der Waals surface area contributed by atoms with Crippen molar-refractivity contribution in [2.45, 2.75) is 47.1 Å². The average molecular weight is 549 g/mol. The lowest BCUT2D eigenvalue weighted by atomic mass is 9.94. The van der Waals surface area contributed by atoms with Gasteiger partial charge in [0.1, 0.15) is 16.4 Å². The van der Waals surface area contributed by atoms with Gasteiger partial charge in [0.05, 0.1) is 30.5 Å². The molecule has 2 heterocycles. The zero-order valence-corrected chi connectivity index (χ0v) is 23.5. The summed E-state index contributed by atoms with van der Waals surface area (Å²) >= 11 is 0.982. The smallest absolute Gasteiger partial charge is 0.350 e. The van der Waals surface area contributed by atoms with Crippen LogP contribution in [0, 0.1) is 12.8 Å². The fourth-order valence-electron chi connectivity index (χ4n) is 4.28. The van der Waals surface area contributed by atoms with Crippen LogP contribution in [0.2, 0.25) is 0 Å². The highest BCUT2D eigenvalue weighted by molar-refractivity contribution is 7.17. The van der Waals surface area contributed by atoms with Gasteiger partial charge in [0.2, 0.25) is 0 Å². The largest absolute Gasteiger partial charge is 0.507 e. The Balaban J connectivity index is 1.82. The third-order valence-corrected chi connectivity index (χ3v) is 7.45. The van der Waals surface area contributed by atoms with E-state index in [1.807, 2.05) is 45.0 Å². The molecule has 1 aliphatic heterocycles. The number of Topliss-reactive ketones (excluding diaryl/α,β-unsaturated/α-hetero) is 1. The maximum absolute atomic E-state index is 13.4. The number of thiazole rings is 1. The van der Waals surface area contributed by atoms with Gasteiger partial charge in [-0.3, -0.25) is 14.5 Å². The van der Waals surface area contributed by atoms with E-state index in [1.54, 1.807) is 38.1 Å². The summed E-state index contributed by atoms with van der Waals surface area (Å²) in [5, 5.41) is 11.6. The van der Waals surface area contributed by atoms with Crippen molar-refractivity contribution in [3.8, 4) is 5.75 Å². The Hall–Kier alpha value is -3.98. The van der Waals surface area contributed by atoms with E-state index in [9.17, 15) is 19.5 Å². The molecule has 1 atom stereocenters. The van der Waals surface area contributed by atoms with Crippen molar-refractivity contribution in [1.82, 2.24) is 4.98 Å². The molecule has 4 rings (SSSR count). The van der Waals surface area contributed by atoms with Gasteiger partial charge in [-0.15, -0.1) is 0 Å². The minimum atomic E-state index is -0.937. The molecule has 0 spiro atoms. The number of aliphatic hydroxyl groups excluding tert-OH is 1. The fraction of sp³-hybridized carbons (Fsp3) is 0.333. The number of nitrogens with zero attached hydrogens (tertiary/aromatic N) is 2. The van der Waals surface area contributed by atoms with Crippen LogP contribution in [0.25, 0.3) is 5.76 Å². The summed E-state index contributed by atoms with van der Waals surface area (Å²) in [6, 6.07) is 13.3. The summed E-state index contributed by atoms with van der Waals surface area (Å²) in [5.41, 5.74) is 2.44. The molecule has 39 heavy (non-hydrogen) atoms. The summed E-state index contributed by atoms with van der Waals surface area (Å²) in [5.74, 6) is -1.51. The van der Waals surface area contributed by atoms with Crippen LogP contribution in [-0.4, -0.2) is 41.0 Å². The number of carbonyl (C=O) groups is 3. The minimum absolute atomic E-state index is 0.0503. The van der Waals surface area contributed by atoms with Gasteiger partial charge in [-0.05, 0) is 61.6 Å². The van der Waals surface area contributed by atoms with Crippen LogP contribution in [0.15, 0.2) is 54.1 Å². The molecule has 2 aromatic carbocycles. The topological polar surface area (TPSA) is 106 Å². The molecule has 1 fully saturated rings. The number of ether oxygens (including phenoxy) is 2. The van der Waals surface area contributed by atoms with Gasteiger partial charge in [0.25, 0.3) is 5.78 Å². The maximum Gasteiger partial charge on any atom is 0.350 e. The van der Waals surface area contributed by atoms with E-state index in [0.717, 1.165) is 23.3 Å². The molecule has 1 aromatic heterocycles. The number of aliphatic hydroxyl groups is 1. The molecule has 0 saturated carbocycles. The first-order valence-electron chi connectivity index (χ1n) is 12.9. The van der Waals surface area contributed by atoms with Crippen LogP contribution >= 0.6 is 11.3 Å². The van der Waals surface area contributed by atoms with Crippen molar-refractivity contribution in [3.63, 3.8) is 0 Å². The number of esters is 1. The third kappa shape index (κ3) is 5.73. The lowest BCUT2D eigenvalue weighted by molar-refractivity contribution is -0.132. The first kappa shape index (κ1) is 28.0. The maximum atomic E-state index is 13.4. The van der Waals surface area contributed by atoms with Gasteiger partial charge in [-0.1, -0.05) is 56.4 Å². The van der Waals surface area contributed by atoms with Crippen LogP contribution in [0.4, 0.5) is 5.13 Å². The summed E-state index contributed by atoms with van der Waals surface area (Å²) in [7, 11) is 0. The predicted octanol–water partition coefficient (Wildman–Crippen LogP) is 5.85. The lowest BCUT2D eigenvalue weighted by Crippen LogP contribution is -2.29. The normalized spacial score (nSPS) is 16.7. The number of amides is 1. The lowest BCUT2D eigenvalue weighted by Gasteiger charge is -2.23. The predicted molar refractivity (Wildman–Crippen MR) is 150 cm³/mol. The van der Waals surface area contributed by atoms with Gasteiger partial charge in [0, 0.05) is 5.56 Å². The van der Waals surface area contributed by atoms with Gasteiger partial charge in [-0.2, -0.15) is 0 Å². The van der Waals surface area contributed by atoms with E-state index in [2.05, 4.69) is 4.98 Å². The highest BCUT2D eigenvalue weighted by Gasteiger charge is 2.48. The Labute approximate surface area is 231 Å². The number of ketones is 1. The number of anilines is 1. The van der Waals surface area contributed by atoms with Gasteiger partial charge < -0.3 is 14.6 Å². The van der Waals surface area contributed by atoms with E-state index in [0.29, 0.717) is 35.1 Å². The third-order valence-electron chi connectivity index (χ3n) is 6.31. The van der Waals surface area contributed by atoms with Crippen molar-refractivity contribution < 1.29 is 29.0 Å². The first-order valence-corrected chi connectivity index (χ1v) is 13.7. The van der Waals surface area contributed by atoms with Crippen LogP contribution in [0.1, 0.15) is 65.8 Å². The fourth-order valence-corrected chi connectivity index (χ4v) is 5.27. The summed E-state index contributed by atoms with van der Waals surface area (Å²) in [4.78, 5) is 45.3. The second-order valence-electron chi connectivity index (χ2n) is 9.62. The molecule has 0 radical (unpaired) electrons. The Morgan fingerprint density at radius 3 is 2.33 bits per heavy atom. The van der Waals surface area contributed by atoms with Crippen molar-refractivity contribution in [2.24, 2.45) is 5.92 Å². The zero-order chi connectivity index (χ0) is 28.3. The standard InChI is InChI=1S/C30H32N2O6S/c1-6-19-8-10-20(11-9-19)24-23(25(33)21-12-14-22(15-13-21)38-16-17(3)4)26(34)28(35)32(24)30-31-18(5)27(39-30)29(36)37-7-2/h8-15,17,24,33H,6-7,16H2,1-5H3/b25-23+. The van der Waals surface area contributed by atoms with E-state index < -0.39 is 23.7 Å². The van der Waals surface area contributed by atoms with Gasteiger partial charge in [-0.25, -0.2) is 9.78 Å². The second-order valence-corrected chi connectivity index (χ2v) is 10.6. The minimum Gasteiger partial charge on any atom is -0.507 e. The summed E-state index contributed by atoms with van der Waals surface area (Å²) in [6.07, 6.45) is 0.820. The highest BCUT2D eigenvalue weighted by atomic mass is 32.1. The molecule has 3 aromatic rings. The zero-order valence-electron chi connectivity index (χ0n) is 22.7. The molecule has 1 saturated heterocycles. The molecule has 204 valence electrons. The molecule has 1 unspecified atom stereocenters. The second kappa shape index (κ2) is 11.8. The Kier molecular flexibility index (Phi) is 8.50. The van der Waals surface area contributed by atoms with Crippen LogP contribution in [-0.2, 0) is 20.7 Å². The number of hydrogen-bond acceptors (Lipinski definition) is 8. The highest BCUT2D eigenvalue weighted by Crippen LogP contribution is 2.44. The summed E-state index contributed by atoms with van der Waals surface area (Å²) in [6.45, 7) is 10.2. The Morgan fingerprint density at radius 2 is 1.74 bits per heavy atom. The van der Waals surface area contributed by atoms with E-state index in [-0.39, 0.29) is 27.9 Å². The summed E-state index contributed by atoms with van der Waals surface area (Å²) < 4.78 is 10.9. The van der Waals surface area contributed by atoms with Crippen LogP contribution < -0.4 is 9.64 Å². The SMILES string of the molecule is CCOC(=O)c1sc(N2C(=O)C(=O)/C(=C(/O)c3ccc(OCC(C)C)cc3)C2c2ccc(CC)cc2)nc1C. The Bertz CT molecular complexity index is 1410. The van der Waals surface area contributed by atoms with Crippen molar-refractivity contribution >= 4 is 39.9 Å². The van der Waals surface area contributed by atoms with Crippen molar-refractivity contribution in [3.05, 3.63) is 81.4 Å². The monoisotopic (exact) mass is 548 g/mol. The molecule has 0 bridgehead atoms. The number of aryl methyl sites for hydroxylation is 2. The Morgan fingerprint density at radius 1 is 1.08 bits per heavy atom. The molecular weight excluding hydrogens is 516 g/mol. The quantitative estimate of drug-likeness (QED) is 0.155. The van der Waals surface area contributed by atoms with Gasteiger partial charge >= 0.3 is 11.9 Å².